The third kappa shape index (κ3) is 1.88. The Kier molecular flexibility index (Phi) is 2.69. The molecule has 2 heteroatoms. The van der Waals surface area contributed by atoms with E-state index in [0.29, 0.717) is 0 Å². The van der Waals surface area contributed by atoms with Gasteiger partial charge in [-0.15, -0.1) is 0 Å². The quantitative estimate of drug-likeness (QED) is 0.722. The Hall–Kier alpha value is -0.690. The molecule has 0 radical (unpaired) electrons. The van der Waals surface area contributed by atoms with Crippen LogP contribution in [-0.2, 0) is 0 Å². The summed E-state index contributed by atoms with van der Waals surface area (Å²) in [7, 11) is 0. The first-order valence-corrected chi connectivity index (χ1v) is 5.55. The highest BCUT2D eigenvalue weighted by molar-refractivity contribution is 6.30. The molecule has 1 heterocycles. The zero-order valence-corrected chi connectivity index (χ0v) is 9.46. The summed E-state index contributed by atoms with van der Waals surface area (Å²) in [6, 6.07) is 8.11. The van der Waals surface area contributed by atoms with E-state index in [1.807, 2.05) is 12.1 Å². The number of benzene rings is 1. The summed E-state index contributed by atoms with van der Waals surface area (Å²) in [5, 5.41) is 0.815. The lowest BCUT2D eigenvalue weighted by Gasteiger charge is -2.43. The van der Waals surface area contributed by atoms with Gasteiger partial charge in [0.15, 0.2) is 0 Å². The predicted octanol–water partition coefficient (Wildman–Crippen LogP) is 3.43. The topological polar surface area (TPSA) is 3.24 Å². The van der Waals surface area contributed by atoms with E-state index >= 15 is 0 Å². The molecule has 1 aromatic rings. The molecule has 0 atom stereocenters. The van der Waals surface area contributed by atoms with Gasteiger partial charge in [0.2, 0.25) is 0 Å². The van der Waals surface area contributed by atoms with Crippen molar-refractivity contribution in [2.45, 2.75) is 13.8 Å². The van der Waals surface area contributed by atoms with Gasteiger partial charge < -0.3 is 4.90 Å². The van der Waals surface area contributed by atoms with Crippen LogP contribution in [0.5, 0.6) is 0 Å². The summed E-state index contributed by atoms with van der Waals surface area (Å²) in [4.78, 5) is 2.40. The molecular formula is C12H16ClN. The van der Waals surface area contributed by atoms with Crippen LogP contribution in [0.2, 0.25) is 5.02 Å². The van der Waals surface area contributed by atoms with E-state index in [9.17, 15) is 0 Å². The molecule has 2 rings (SSSR count). The second-order valence-corrected chi connectivity index (χ2v) is 4.82. The molecule has 0 N–H and O–H groups in total. The Morgan fingerprint density at radius 2 is 1.79 bits per heavy atom. The van der Waals surface area contributed by atoms with Gasteiger partial charge in [-0.2, -0.15) is 0 Å². The van der Waals surface area contributed by atoms with E-state index in [2.05, 4.69) is 30.9 Å². The van der Waals surface area contributed by atoms with Crippen LogP contribution in [0.4, 0.5) is 5.69 Å². The first-order chi connectivity index (χ1) is 6.66. The zero-order chi connectivity index (χ0) is 10.1. The van der Waals surface area contributed by atoms with Crippen LogP contribution in [0.15, 0.2) is 24.3 Å². The van der Waals surface area contributed by atoms with Crippen molar-refractivity contribution in [3.05, 3.63) is 29.3 Å². The van der Waals surface area contributed by atoms with Gasteiger partial charge >= 0.3 is 0 Å². The van der Waals surface area contributed by atoms with Gasteiger partial charge in [-0.25, -0.2) is 0 Å². The molecule has 1 aromatic carbocycles. The number of halogens is 1. The molecule has 0 unspecified atom stereocenters. The number of anilines is 1. The number of hydrogen-bond donors (Lipinski definition) is 0. The second-order valence-electron chi connectivity index (χ2n) is 4.39. The highest BCUT2D eigenvalue weighted by atomic mass is 35.5. The number of hydrogen-bond acceptors (Lipinski definition) is 1. The van der Waals surface area contributed by atoms with Gasteiger partial charge in [-0.05, 0) is 36.1 Å². The highest BCUT2D eigenvalue weighted by Gasteiger charge is 2.28. The van der Waals surface area contributed by atoms with E-state index in [4.69, 9.17) is 11.6 Å². The molecule has 1 saturated heterocycles. The molecule has 0 aliphatic carbocycles. The smallest absolute Gasteiger partial charge is 0.0407 e. The zero-order valence-electron chi connectivity index (χ0n) is 8.70. The molecule has 14 heavy (non-hydrogen) atoms. The van der Waals surface area contributed by atoms with Crippen molar-refractivity contribution in [1.82, 2.24) is 0 Å². The summed E-state index contributed by atoms with van der Waals surface area (Å²) in [5.41, 5.74) is 1.30. The maximum atomic E-state index is 5.84. The molecule has 1 aliphatic rings. The van der Waals surface area contributed by atoms with Crippen molar-refractivity contribution in [2.75, 3.05) is 18.0 Å². The monoisotopic (exact) mass is 209 g/mol. The summed E-state index contributed by atoms with van der Waals surface area (Å²) in [5.74, 6) is 1.67. The van der Waals surface area contributed by atoms with Gasteiger partial charge in [0.1, 0.15) is 0 Å². The molecule has 1 aliphatic heterocycles. The van der Waals surface area contributed by atoms with Crippen molar-refractivity contribution in [2.24, 2.45) is 11.8 Å². The van der Waals surface area contributed by atoms with Crippen molar-refractivity contribution >= 4 is 17.3 Å². The highest BCUT2D eigenvalue weighted by Crippen LogP contribution is 2.29. The minimum atomic E-state index is 0.804. The van der Waals surface area contributed by atoms with E-state index in [0.717, 1.165) is 16.9 Å². The molecule has 1 nitrogen and oxygen atoms in total. The van der Waals surface area contributed by atoms with Crippen molar-refractivity contribution < 1.29 is 0 Å². The van der Waals surface area contributed by atoms with Gasteiger partial charge in [0.05, 0.1) is 0 Å². The van der Waals surface area contributed by atoms with Crippen molar-refractivity contribution in [1.29, 1.82) is 0 Å². The third-order valence-electron chi connectivity index (χ3n) is 3.04. The third-order valence-corrected chi connectivity index (χ3v) is 3.30. The van der Waals surface area contributed by atoms with Crippen molar-refractivity contribution in [3.8, 4) is 0 Å². The molecule has 0 spiro atoms. The Labute approximate surface area is 90.7 Å². The minimum absolute atomic E-state index is 0.804. The van der Waals surface area contributed by atoms with Crippen LogP contribution in [0.25, 0.3) is 0 Å². The second kappa shape index (κ2) is 3.82. The Morgan fingerprint density at radius 1 is 1.21 bits per heavy atom. The van der Waals surface area contributed by atoms with Crippen LogP contribution in [0.3, 0.4) is 0 Å². The van der Waals surface area contributed by atoms with E-state index in [1.165, 1.54) is 18.8 Å². The van der Waals surface area contributed by atoms with E-state index < -0.39 is 0 Å². The molecule has 76 valence electrons. The molecule has 0 saturated carbocycles. The molecule has 0 amide bonds. The summed E-state index contributed by atoms with van der Waals surface area (Å²) >= 11 is 5.84. The lowest BCUT2D eigenvalue weighted by molar-refractivity contribution is 0.310. The first-order valence-electron chi connectivity index (χ1n) is 5.17. The number of rotatable bonds is 2. The SMILES string of the molecule is CC(C)C1CN(c2ccc(Cl)cc2)C1. The standard InChI is InChI=1S/C12H16ClN/c1-9(2)10-7-14(8-10)12-5-3-11(13)4-6-12/h3-6,9-10H,7-8H2,1-2H3. The summed E-state index contributed by atoms with van der Waals surface area (Å²) < 4.78 is 0. The maximum Gasteiger partial charge on any atom is 0.0407 e. The lowest BCUT2D eigenvalue weighted by Crippen LogP contribution is -2.49. The molecule has 0 aromatic heterocycles. The fourth-order valence-corrected chi connectivity index (χ4v) is 1.92. The Bertz CT molecular complexity index is 299. The van der Waals surface area contributed by atoms with Crippen LogP contribution in [0, 0.1) is 11.8 Å². The Morgan fingerprint density at radius 3 is 2.29 bits per heavy atom. The van der Waals surface area contributed by atoms with Crippen LogP contribution >= 0.6 is 11.6 Å². The Balaban J connectivity index is 1.96. The van der Waals surface area contributed by atoms with Gasteiger partial charge in [0.25, 0.3) is 0 Å². The van der Waals surface area contributed by atoms with Gasteiger partial charge in [-0.3, -0.25) is 0 Å². The maximum absolute atomic E-state index is 5.84. The molecule has 1 fully saturated rings. The fourth-order valence-electron chi connectivity index (χ4n) is 1.80. The fraction of sp³-hybridized carbons (Fsp3) is 0.500. The molecule has 0 bridgehead atoms. The number of nitrogens with zero attached hydrogens (tertiary/aromatic N) is 1. The van der Waals surface area contributed by atoms with Crippen molar-refractivity contribution in [3.63, 3.8) is 0 Å². The first kappa shape index (κ1) is 9.85. The lowest BCUT2D eigenvalue weighted by atomic mass is 9.88. The van der Waals surface area contributed by atoms with E-state index in [-0.39, 0.29) is 0 Å². The predicted molar refractivity (Wildman–Crippen MR) is 62.0 cm³/mol. The van der Waals surface area contributed by atoms with E-state index in [1.54, 1.807) is 0 Å². The molecular weight excluding hydrogens is 194 g/mol. The summed E-state index contributed by atoms with van der Waals surface area (Å²) in [6.07, 6.45) is 0. The van der Waals surface area contributed by atoms with Crippen LogP contribution < -0.4 is 4.90 Å². The van der Waals surface area contributed by atoms with Gasteiger partial charge in [-0.1, -0.05) is 25.4 Å². The average Bonchev–Trinajstić information content (AvgIpc) is 2.05. The van der Waals surface area contributed by atoms with Crippen LogP contribution in [-0.4, -0.2) is 13.1 Å². The minimum Gasteiger partial charge on any atom is -0.371 e. The van der Waals surface area contributed by atoms with Gasteiger partial charge in [0, 0.05) is 23.8 Å². The normalized spacial score (nSPS) is 17.3. The average molecular weight is 210 g/mol. The largest absolute Gasteiger partial charge is 0.371 e. The van der Waals surface area contributed by atoms with Crippen LogP contribution in [0.1, 0.15) is 13.8 Å². The summed E-state index contributed by atoms with van der Waals surface area (Å²) in [6.45, 7) is 6.98.